The first kappa shape index (κ1) is 13.5. The number of hydrogen-bond acceptors (Lipinski definition) is 5. The van der Waals surface area contributed by atoms with Gasteiger partial charge in [-0.2, -0.15) is 0 Å². The molecule has 0 N–H and O–H groups in total. The maximum atomic E-state index is 11.0. The summed E-state index contributed by atoms with van der Waals surface area (Å²) in [5.41, 5.74) is 2.85. The van der Waals surface area contributed by atoms with Crippen LogP contribution in [0.2, 0.25) is 0 Å². The zero-order valence-electron chi connectivity index (χ0n) is 11.3. The molecule has 102 valence electrons. The summed E-state index contributed by atoms with van der Waals surface area (Å²) in [6.45, 7) is 1.67. The number of oxazole rings is 1. The Bertz CT molecular complexity index is 550. The second-order valence-electron chi connectivity index (χ2n) is 4.57. The van der Waals surface area contributed by atoms with Crippen LogP contribution in [0, 0.1) is 0 Å². The highest BCUT2D eigenvalue weighted by atomic mass is 16.5. The molecule has 0 aliphatic rings. The number of rotatable bonds is 6. The van der Waals surface area contributed by atoms with Crippen LogP contribution in [0.25, 0.3) is 11.1 Å². The van der Waals surface area contributed by atoms with E-state index in [2.05, 4.69) is 14.6 Å². The number of ether oxygens (including phenoxy) is 1. The third-order valence-electron chi connectivity index (χ3n) is 3.00. The quantitative estimate of drug-likeness (QED) is 0.747. The smallest absolute Gasteiger partial charge is 0.305 e. The van der Waals surface area contributed by atoms with Crippen molar-refractivity contribution in [3.05, 3.63) is 30.2 Å². The largest absolute Gasteiger partial charge is 0.469 e. The fourth-order valence-electron chi connectivity index (χ4n) is 1.98. The van der Waals surface area contributed by atoms with E-state index in [1.165, 1.54) is 19.1 Å². The Hall–Kier alpha value is -1.88. The second kappa shape index (κ2) is 6.33. The maximum Gasteiger partial charge on any atom is 0.305 e. The molecule has 0 amide bonds. The Morgan fingerprint density at radius 1 is 1.47 bits per heavy atom. The van der Waals surface area contributed by atoms with E-state index >= 15 is 0 Å². The van der Waals surface area contributed by atoms with Gasteiger partial charge in [-0.1, -0.05) is 6.07 Å². The summed E-state index contributed by atoms with van der Waals surface area (Å²) < 4.78 is 9.89. The molecule has 1 aromatic carbocycles. The van der Waals surface area contributed by atoms with Gasteiger partial charge in [-0.3, -0.25) is 4.79 Å². The molecule has 2 rings (SSSR count). The van der Waals surface area contributed by atoms with Crippen LogP contribution in [-0.4, -0.2) is 36.6 Å². The van der Waals surface area contributed by atoms with E-state index in [1.807, 2.05) is 25.2 Å². The van der Waals surface area contributed by atoms with E-state index in [4.69, 9.17) is 4.42 Å². The average molecular weight is 262 g/mol. The summed E-state index contributed by atoms with van der Waals surface area (Å²) in [4.78, 5) is 17.3. The van der Waals surface area contributed by atoms with Crippen LogP contribution >= 0.6 is 0 Å². The number of carbonyl (C=O) groups is 1. The lowest BCUT2D eigenvalue weighted by Crippen LogP contribution is -2.20. The van der Waals surface area contributed by atoms with Crippen molar-refractivity contribution in [1.29, 1.82) is 0 Å². The molecule has 0 aliphatic carbocycles. The lowest BCUT2D eigenvalue weighted by atomic mass is 10.2. The molecule has 5 nitrogen and oxygen atoms in total. The van der Waals surface area contributed by atoms with E-state index in [1.54, 1.807) is 0 Å². The Morgan fingerprint density at radius 2 is 2.32 bits per heavy atom. The minimum Gasteiger partial charge on any atom is -0.469 e. The van der Waals surface area contributed by atoms with Gasteiger partial charge in [0.25, 0.3) is 0 Å². The molecule has 0 aliphatic heterocycles. The molecule has 0 saturated heterocycles. The van der Waals surface area contributed by atoms with Crippen molar-refractivity contribution < 1.29 is 13.9 Å². The predicted molar refractivity (Wildman–Crippen MR) is 71.6 cm³/mol. The van der Waals surface area contributed by atoms with Crippen LogP contribution in [0.15, 0.2) is 29.0 Å². The molecule has 2 aromatic rings. The van der Waals surface area contributed by atoms with Gasteiger partial charge in [-0.15, -0.1) is 0 Å². The zero-order chi connectivity index (χ0) is 13.7. The van der Waals surface area contributed by atoms with E-state index in [-0.39, 0.29) is 5.97 Å². The highest BCUT2D eigenvalue weighted by molar-refractivity contribution is 5.72. The molecule has 19 heavy (non-hydrogen) atoms. The molecule has 0 radical (unpaired) electrons. The molecular formula is C14H18N2O3. The third-order valence-corrected chi connectivity index (χ3v) is 3.00. The molecular weight excluding hydrogens is 244 g/mol. The van der Waals surface area contributed by atoms with Crippen LogP contribution in [0.5, 0.6) is 0 Å². The minimum absolute atomic E-state index is 0.156. The van der Waals surface area contributed by atoms with Gasteiger partial charge in [-0.25, -0.2) is 4.98 Å². The molecule has 1 aromatic heterocycles. The number of fused-ring (bicyclic) bond motifs is 1. The first-order valence-electron chi connectivity index (χ1n) is 6.26. The fourth-order valence-corrected chi connectivity index (χ4v) is 1.98. The standard InChI is InChI=1S/C14H18N2O3/c1-16(7-3-4-14(17)18-2)9-11-5-6-12-13(8-11)19-10-15-12/h5-6,8,10H,3-4,7,9H2,1-2H3. The van der Waals surface area contributed by atoms with E-state index in [0.29, 0.717) is 6.42 Å². The number of nitrogens with zero attached hydrogens (tertiary/aromatic N) is 2. The topological polar surface area (TPSA) is 55.6 Å². The first-order valence-corrected chi connectivity index (χ1v) is 6.26. The summed E-state index contributed by atoms with van der Waals surface area (Å²) in [5.74, 6) is -0.156. The summed E-state index contributed by atoms with van der Waals surface area (Å²) in [5, 5.41) is 0. The Balaban J connectivity index is 1.84. The van der Waals surface area contributed by atoms with Crippen LogP contribution in [0.3, 0.4) is 0 Å². The van der Waals surface area contributed by atoms with Crippen molar-refractivity contribution in [2.45, 2.75) is 19.4 Å². The van der Waals surface area contributed by atoms with Gasteiger partial charge in [0.1, 0.15) is 5.52 Å². The third kappa shape index (κ3) is 3.79. The number of aromatic nitrogens is 1. The van der Waals surface area contributed by atoms with Gasteiger partial charge in [-0.05, 0) is 37.7 Å². The van der Waals surface area contributed by atoms with E-state index in [0.717, 1.165) is 30.6 Å². The number of methoxy groups -OCH3 is 1. The Kier molecular flexibility index (Phi) is 4.52. The first-order chi connectivity index (χ1) is 9.19. The highest BCUT2D eigenvalue weighted by Crippen LogP contribution is 2.15. The van der Waals surface area contributed by atoms with Crippen LogP contribution in [-0.2, 0) is 16.1 Å². The molecule has 0 unspecified atom stereocenters. The molecule has 0 saturated carbocycles. The summed E-state index contributed by atoms with van der Waals surface area (Å²) in [6, 6.07) is 6.00. The number of esters is 1. The predicted octanol–water partition coefficient (Wildman–Crippen LogP) is 2.21. The molecule has 5 heteroatoms. The number of hydrogen-bond donors (Lipinski definition) is 0. The lowest BCUT2D eigenvalue weighted by molar-refractivity contribution is -0.140. The molecule has 0 atom stereocenters. The minimum atomic E-state index is -0.156. The molecule has 0 bridgehead atoms. The number of benzene rings is 1. The molecule has 1 heterocycles. The van der Waals surface area contributed by atoms with Gasteiger partial charge in [0.2, 0.25) is 0 Å². The van der Waals surface area contributed by atoms with Crippen LogP contribution in [0.1, 0.15) is 18.4 Å². The van der Waals surface area contributed by atoms with Crippen molar-refractivity contribution >= 4 is 17.1 Å². The van der Waals surface area contributed by atoms with Gasteiger partial charge in [0, 0.05) is 13.0 Å². The van der Waals surface area contributed by atoms with Crippen LogP contribution in [0.4, 0.5) is 0 Å². The van der Waals surface area contributed by atoms with Crippen molar-refractivity contribution in [2.24, 2.45) is 0 Å². The second-order valence-corrected chi connectivity index (χ2v) is 4.57. The summed E-state index contributed by atoms with van der Waals surface area (Å²) >= 11 is 0. The SMILES string of the molecule is COC(=O)CCCN(C)Cc1ccc2ncoc2c1. The maximum absolute atomic E-state index is 11.0. The monoisotopic (exact) mass is 262 g/mol. The van der Waals surface area contributed by atoms with Gasteiger partial charge >= 0.3 is 5.97 Å². The Morgan fingerprint density at radius 3 is 3.11 bits per heavy atom. The zero-order valence-corrected chi connectivity index (χ0v) is 11.3. The number of carbonyl (C=O) groups excluding carboxylic acids is 1. The van der Waals surface area contributed by atoms with E-state index in [9.17, 15) is 4.79 Å². The summed E-state index contributed by atoms with van der Waals surface area (Å²) in [7, 11) is 3.44. The van der Waals surface area contributed by atoms with Gasteiger partial charge in [0.05, 0.1) is 7.11 Å². The van der Waals surface area contributed by atoms with Crippen LogP contribution < -0.4 is 0 Å². The average Bonchev–Trinajstić information content (AvgIpc) is 2.85. The lowest BCUT2D eigenvalue weighted by Gasteiger charge is -2.16. The molecule has 0 fully saturated rings. The summed E-state index contributed by atoms with van der Waals surface area (Å²) in [6.07, 6.45) is 2.71. The van der Waals surface area contributed by atoms with Crippen molar-refractivity contribution in [3.8, 4) is 0 Å². The van der Waals surface area contributed by atoms with Crippen molar-refractivity contribution in [3.63, 3.8) is 0 Å². The molecule has 0 spiro atoms. The van der Waals surface area contributed by atoms with Crippen molar-refractivity contribution in [2.75, 3.05) is 20.7 Å². The van der Waals surface area contributed by atoms with Crippen molar-refractivity contribution in [1.82, 2.24) is 9.88 Å². The normalized spacial score (nSPS) is 11.1. The highest BCUT2D eigenvalue weighted by Gasteiger charge is 2.05. The Labute approximate surface area is 112 Å². The van der Waals surface area contributed by atoms with Gasteiger partial charge in [0.15, 0.2) is 12.0 Å². The fraction of sp³-hybridized carbons (Fsp3) is 0.429. The van der Waals surface area contributed by atoms with Gasteiger partial charge < -0.3 is 14.1 Å². The van der Waals surface area contributed by atoms with E-state index < -0.39 is 0 Å².